The lowest BCUT2D eigenvalue weighted by Gasteiger charge is -2.06. The molecular formula is C10H13BrIN. The van der Waals surface area contributed by atoms with E-state index in [1.165, 1.54) is 15.6 Å². The summed E-state index contributed by atoms with van der Waals surface area (Å²) in [6.07, 6.45) is 1.19. The largest absolute Gasteiger partial charge is 0.313 e. The van der Waals surface area contributed by atoms with Gasteiger partial charge >= 0.3 is 0 Å². The van der Waals surface area contributed by atoms with Crippen molar-refractivity contribution in [2.45, 2.75) is 19.9 Å². The molecular weight excluding hydrogens is 341 g/mol. The van der Waals surface area contributed by atoms with Crippen LogP contribution in [0.3, 0.4) is 0 Å². The highest BCUT2D eigenvalue weighted by atomic mass is 127. The molecule has 0 saturated heterocycles. The summed E-state index contributed by atoms with van der Waals surface area (Å²) >= 11 is 5.84. The molecule has 0 amide bonds. The molecule has 0 atom stereocenters. The fourth-order valence-electron chi connectivity index (χ4n) is 1.08. The summed E-state index contributed by atoms with van der Waals surface area (Å²) in [5, 5.41) is 3.39. The smallest absolute Gasteiger partial charge is 0.0216 e. The second-order valence-corrected chi connectivity index (χ2v) is 4.99. The molecule has 0 aliphatic carbocycles. The number of rotatable bonds is 4. The van der Waals surface area contributed by atoms with Crippen LogP contribution in [0.2, 0.25) is 0 Å². The van der Waals surface area contributed by atoms with Gasteiger partial charge < -0.3 is 5.32 Å². The molecule has 0 aliphatic rings. The van der Waals surface area contributed by atoms with Crippen molar-refractivity contribution in [2.24, 2.45) is 0 Å². The Bertz CT molecular complexity index is 276. The summed E-state index contributed by atoms with van der Waals surface area (Å²) in [6.45, 7) is 4.23. The van der Waals surface area contributed by atoms with Gasteiger partial charge in [0.1, 0.15) is 0 Å². The molecule has 3 heteroatoms. The molecule has 1 nitrogen and oxygen atoms in total. The summed E-state index contributed by atoms with van der Waals surface area (Å²) < 4.78 is 2.48. The average Bonchev–Trinajstić information content (AvgIpc) is 2.11. The molecule has 13 heavy (non-hydrogen) atoms. The minimum absolute atomic E-state index is 0.964. The normalized spacial score (nSPS) is 10.4. The molecule has 1 aromatic carbocycles. The van der Waals surface area contributed by atoms with Crippen LogP contribution in [-0.2, 0) is 6.54 Å². The first-order valence-electron chi connectivity index (χ1n) is 4.38. The molecule has 1 N–H and O–H groups in total. The molecule has 0 radical (unpaired) electrons. The second kappa shape index (κ2) is 5.98. The van der Waals surface area contributed by atoms with E-state index in [1.807, 2.05) is 0 Å². The molecule has 72 valence electrons. The van der Waals surface area contributed by atoms with Crippen LogP contribution in [0, 0.1) is 3.57 Å². The van der Waals surface area contributed by atoms with Crippen molar-refractivity contribution in [1.82, 2.24) is 5.32 Å². The van der Waals surface area contributed by atoms with Crippen LogP contribution in [0.1, 0.15) is 18.9 Å². The summed E-state index contributed by atoms with van der Waals surface area (Å²) in [5.41, 5.74) is 1.36. The Kier molecular flexibility index (Phi) is 5.28. The van der Waals surface area contributed by atoms with Crippen LogP contribution >= 0.6 is 38.5 Å². The van der Waals surface area contributed by atoms with Gasteiger partial charge in [-0.25, -0.2) is 0 Å². The van der Waals surface area contributed by atoms with Gasteiger partial charge in [0.2, 0.25) is 0 Å². The van der Waals surface area contributed by atoms with Gasteiger partial charge in [-0.3, -0.25) is 0 Å². The average molecular weight is 354 g/mol. The monoisotopic (exact) mass is 353 g/mol. The zero-order valence-corrected chi connectivity index (χ0v) is 11.4. The number of halogens is 2. The highest BCUT2D eigenvalue weighted by molar-refractivity contribution is 14.1. The first kappa shape index (κ1) is 11.5. The highest BCUT2D eigenvalue weighted by Crippen LogP contribution is 2.18. The van der Waals surface area contributed by atoms with Gasteiger partial charge in [-0.2, -0.15) is 0 Å². The van der Waals surface area contributed by atoms with Crippen LogP contribution in [0.25, 0.3) is 0 Å². The molecule has 0 fully saturated rings. The van der Waals surface area contributed by atoms with Crippen LogP contribution in [0.5, 0.6) is 0 Å². The number of hydrogen-bond donors (Lipinski definition) is 1. The first-order chi connectivity index (χ1) is 6.24. The van der Waals surface area contributed by atoms with E-state index in [0.717, 1.165) is 17.6 Å². The van der Waals surface area contributed by atoms with Crippen LogP contribution in [0.15, 0.2) is 22.7 Å². The van der Waals surface area contributed by atoms with Crippen LogP contribution < -0.4 is 5.32 Å². The topological polar surface area (TPSA) is 12.0 Å². The first-order valence-corrected chi connectivity index (χ1v) is 6.26. The Balaban J connectivity index is 2.59. The van der Waals surface area contributed by atoms with E-state index in [1.54, 1.807) is 0 Å². The third-order valence-corrected chi connectivity index (χ3v) is 3.30. The number of hydrogen-bond acceptors (Lipinski definition) is 1. The Morgan fingerprint density at radius 2 is 2.23 bits per heavy atom. The minimum atomic E-state index is 0.964. The summed E-state index contributed by atoms with van der Waals surface area (Å²) in [6, 6.07) is 6.38. The maximum absolute atomic E-state index is 3.47. The van der Waals surface area contributed by atoms with E-state index >= 15 is 0 Å². The van der Waals surface area contributed by atoms with E-state index < -0.39 is 0 Å². The molecule has 0 aliphatic heterocycles. The summed E-state index contributed by atoms with van der Waals surface area (Å²) in [4.78, 5) is 0. The highest BCUT2D eigenvalue weighted by Gasteiger charge is 1.99. The van der Waals surface area contributed by atoms with E-state index in [-0.39, 0.29) is 0 Å². The van der Waals surface area contributed by atoms with Gasteiger partial charge in [0.25, 0.3) is 0 Å². The summed E-state index contributed by atoms with van der Waals surface area (Å²) in [7, 11) is 0. The third-order valence-electron chi connectivity index (χ3n) is 1.75. The Morgan fingerprint density at radius 1 is 1.46 bits per heavy atom. The predicted molar refractivity (Wildman–Crippen MR) is 68.9 cm³/mol. The van der Waals surface area contributed by atoms with Crippen molar-refractivity contribution in [2.75, 3.05) is 6.54 Å². The Labute approximate surface area is 102 Å². The van der Waals surface area contributed by atoms with Crippen molar-refractivity contribution in [1.29, 1.82) is 0 Å². The van der Waals surface area contributed by atoms with Crippen molar-refractivity contribution in [3.05, 3.63) is 31.8 Å². The quantitative estimate of drug-likeness (QED) is 0.644. The maximum Gasteiger partial charge on any atom is 0.0216 e. The van der Waals surface area contributed by atoms with Crippen LogP contribution in [-0.4, -0.2) is 6.54 Å². The second-order valence-electron chi connectivity index (χ2n) is 2.91. The van der Waals surface area contributed by atoms with Gasteiger partial charge in [0.15, 0.2) is 0 Å². The zero-order valence-electron chi connectivity index (χ0n) is 7.61. The molecule has 0 bridgehead atoms. The molecule has 0 saturated carbocycles. The Hall–Kier alpha value is 0.390. The van der Waals surface area contributed by atoms with Gasteiger partial charge in [0.05, 0.1) is 0 Å². The zero-order chi connectivity index (χ0) is 9.68. The lowest BCUT2D eigenvalue weighted by Crippen LogP contribution is -2.14. The van der Waals surface area contributed by atoms with Gasteiger partial charge in [-0.05, 0) is 59.3 Å². The third kappa shape index (κ3) is 3.95. The predicted octanol–water partition coefficient (Wildman–Crippen LogP) is 3.55. The SMILES string of the molecule is CCCNCc1cc(Br)ccc1I. The van der Waals surface area contributed by atoms with E-state index in [4.69, 9.17) is 0 Å². The maximum atomic E-state index is 3.47. The summed E-state index contributed by atoms with van der Waals surface area (Å²) in [5.74, 6) is 0. The molecule has 0 heterocycles. The molecule has 1 aromatic rings. The number of benzene rings is 1. The lowest BCUT2D eigenvalue weighted by atomic mass is 10.2. The number of nitrogens with one attached hydrogen (secondary N) is 1. The van der Waals surface area contributed by atoms with Crippen molar-refractivity contribution >= 4 is 38.5 Å². The van der Waals surface area contributed by atoms with E-state index in [9.17, 15) is 0 Å². The fourth-order valence-corrected chi connectivity index (χ4v) is 2.01. The van der Waals surface area contributed by atoms with Gasteiger partial charge in [-0.15, -0.1) is 0 Å². The van der Waals surface area contributed by atoms with Crippen molar-refractivity contribution in [3.8, 4) is 0 Å². The molecule has 0 unspecified atom stereocenters. The van der Waals surface area contributed by atoms with E-state index in [0.29, 0.717) is 0 Å². The van der Waals surface area contributed by atoms with Gasteiger partial charge in [0, 0.05) is 14.6 Å². The Morgan fingerprint density at radius 3 is 2.92 bits per heavy atom. The minimum Gasteiger partial charge on any atom is -0.313 e. The van der Waals surface area contributed by atoms with Crippen molar-refractivity contribution in [3.63, 3.8) is 0 Å². The lowest BCUT2D eigenvalue weighted by molar-refractivity contribution is 0.673. The van der Waals surface area contributed by atoms with Crippen LogP contribution in [0.4, 0.5) is 0 Å². The standard InChI is InChI=1S/C10H13BrIN/c1-2-5-13-7-8-6-9(11)3-4-10(8)12/h3-4,6,13H,2,5,7H2,1H3. The fraction of sp³-hybridized carbons (Fsp3) is 0.400. The molecule has 0 spiro atoms. The van der Waals surface area contributed by atoms with E-state index in [2.05, 4.69) is 69.0 Å². The van der Waals surface area contributed by atoms with Crippen molar-refractivity contribution < 1.29 is 0 Å². The van der Waals surface area contributed by atoms with Gasteiger partial charge in [-0.1, -0.05) is 22.9 Å². The molecule has 0 aromatic heterocycles. The molecule has 1 rings (SSSR count).